The minimum absolute atomic E-state index is 0.0997. The first-order chi connectivity index (χ1) is 11.7. The number of anilines is 1. The lowest BCUT2D eigenvalue weighted by Crippen LogP contribution is -2.35. The van der Waals surface area contributed by atoms with Crippen molar-refractivity contribution in [2.75, 3.05) is 19.5 Å². The second-order valence-corrected chi connectivity index (χ2v) is 6.46. The standard InChI is InChI=1S/C11H16N6O7S/c1-22-10-5-8(12)14-3-15-9(5)17(16-10)11-7(19)6(18)4(24-11)2-23-25(13,20)21/h3-4,6-7,11,18-19H,2H2,1H3,(H2,12,14,15)(H2,13,20,21). The molecule has 1 aliphatic rings. The number of hydrogen-bond acceptors (Lipinski definition) is 11. The van der Waals surface area contributed by atoms with Crippen molar-refractivity contribution in [3.63, 3.8) is 0 Å². The maximum Gasteiger partial charge on any atom is 0.333 e. The molecule has 6 N–H and O–H groups in total. The van der Waals surface area contributed by atoms with Crippen molar-refractivity contribution in [2.45, 2.75) is 24.5 Å². The molecule has 0 aliphatic carbocycles. The van der Waals surface area contributed by atoms with Gasteiger partial charge in [-0.3, -0.25) is 4.18 Å². The van der Waals surface area contributed by atoms with Gasteiger partial charge in [0.05, 0.1) is 13.7 Å². The molecule has 0 radical (unpaired) electrons. The van der Waals surface area contributed by atoms with E-state index < -0.39 is 41.5 Å². The Hall–Kier alpha value is -2.10. The van der Waals surface area contributed by atoms with E-state index in [1.807, 2.05) is 0 Å². The molecule has 0 amide bonds. The van der Waals surface area contributed by atoms with Gasteiger partial charge in [-0.05, 0) is 0 Å². The third kappa shape index (κ3) is 3.22. The lowest BCUT2D eigenvalue weighted by atomic mass is 10.1. The largest absolute Gasteiger partial charge is 0.479 e. The Kier molecular flexibility index (Phi) is 4.48. The van der Waals surface area contributed by atoms with Crippen molar-refractivity contribution in [3.8, 4) is 5.88 Å². The lowest BCUT2D eigenvalue weighted by molar-refractivity contribution is -0.0530. The maximum absolute atomic E-state index is 10.9. The summed E-state index contributed by atoms with van der Waals surface area (Å²) in [6.45, 7) is -0.582. The average Bonchev–Trinajstić information content (AvgIpc) is 3.05. The van der Waals surface area contributed by atoms with Crippen LogP contribution < -0.4 is 15.6 Å². The van der Waals surface area contributed by atoms with Gasteiger partial charge in [-0.15, -0.1) is 5.10 Å². The molecule has 1 fully saturated rings. The molecular weight excluding hydrogens is 360 g/mol. The molecule has 0 saturated carbocycles. The van der Waals surface area contributed by atoms with Crippen LogP contribution in [0.2, 0.25) is 0 Å². The summed E-state index contributed by atoms with van der Waals surface area (Å²) in [4.78, 5) is 7.88. The monoisotopic (exact) mass is 376 g/mol. The molecule has 2 aromatic heterocycles. The highest BCUT2D eigenvalue weighted by molar-refractivity contribution is 7.84. The molecule has 14 heteroatoms. The van der Waals surface area contributed by atoms with Crippen molar-refractivity contribution >= 4 is 27.2 Å². The van der Waals surface area contributed by atoms with Crippen LogP contribution in [-0.2, 0) is 19.2 Å². The third-order valence-electron chi connectivity index (χ3n) is 3.65. The van der Waals surface area contributed by atoms with E-state index in [1.54, 1.807) is 0 Å². The molecule has 2 aromatic rings. The third-order valence-corrected chi connectivity index (χ3v) is 4.12. The summed E-state index contributed by atoms with van der Waals surface area (Å²) in [5, 5.41) is 29.4. The van der Waals surface area contributed by atoms with Crippen LogP contribution in [0.15, 0.2) is 6.33 Å². The predicted molar refractivity (Wildman–Crippen MR) is 81.3 cm³/mol. The number of hydrogen-bond donors (Lipinski definition) is 4. The Labute approximate surface area is 141 Å². The molecule has 13 nitrogen and oxygen atoms in total. The van der Waals surface area contributed by atoms with E-state index >= 15 is 0 Å². The van der Waals surface area contributed by atoms with Gasteiger partial charge in [-0.25, -0.2) is 19.8 Å². The number of ether oxygens (including phenoxy) is 2. The van der Waals surface area contributed by atoms with E-state index in [0.717, 1.165) is 4.68 Å². The number of fused-ring (bicyclic) bond motifs is 1. The predicted octanol–water partition coefficient (Wildman–Crippen LogP) is -2.74. The Balaban J connectivity index is 1.94. The van der Waals surface area contributed by atoms with Gasteiger partial charge in [0.15, 0.2) is 11.9 Å². The van der Waals surface area contributed by atoms with Gasteiger partial charge >= 0.3 is 10.3 Å². The molecule has 3 heterocycles. The van der Waals surface area contributed by atoms with Gasteiger partial charge in [0.2, 0.25) is 5.88 Å². The zero-order valence-corrected chi connectivity index (χ0v) is 13.7. The van der Waals surface area contributed by atoms with Gasteiger partial charge in [-0.2, -0.15) is 8.42 Å². The highest BCUT2D eigenvalue weighted by Gasteiger charge is 2.45. The molecule has 1 aliphatic heterocycles. The second kappa shape index (κ2) is 6.32. The maximum atomic E-state index is 10.9. The second-order valence-electron chi connectivity index (χ2n) is 5.23. The molecular formula is C11H16N6O7S. The normalized spacial score (nSPS) is 27.0. The molecule has 4 unspecified atom stereocenters. The summed E-state index contributed by atoms with van der Waals surface area (Å²) in [5.74, 6) is 0.206. The van der Waals surface area contributed by atoms with E-state index in [0.29, 0.717) is 5.39 Å². The molecule has 3 rings (SSSR count). The van der Waals surface area contributed by atoms with Crippen LogP contribution in [0.25, 0.3) is 11.0 Å². The number of aromatic nitrogens is 4. The Morgan fingerprint density at radius 3 is 2.72 bits per heavy atom. The van der Waals surface area contributed by atoms with Gasteiger partial charge in [-0.1, -0.05) is 0 Å². The van der Waals surface area contributed by atoms with Gasteiger partial charge < -0.3 is 25.4 Å². The number of aliphatic hydroxyl groups is 2. The van der Waals surface area contributed by atoms with Crippen LogP contribution in [0.5, 0.6) is 5.88 Å². The first kappa shape index (κ1) is 17.7. The number of rotatable bonds is 5. The van der Waals surface area contributed by atoms with E-state index in [1.165, 1.54) is 13.4 Å². The Morgan fingerprint density at radius 2 is 2.08 bits per heavy atom. The minimum Gasteiger partial charge on any atom is -0.479 e. The summed E-state index contributed by atoms with van der Waals surface area (Å²) < 4.78 is 37.9. The van der Waals surface area contributed by atoms with E-state index in [2.05, 4.69) is 19.2 Å². The van der Waals surface area contributed by atoms with Crippen molar-refractivity contribution in [2.24, 2.45) is 5.14 Å². The smallest absolute Gasteiger partial charge is 0.333 e. The van der Waals surface area contributed by atoms with Gasteiger partial charge in [0, 0.05) is 0 Å². The molecule has 25 heavy (non-hydrogen) atoms. The number of nitrogens with two attached hydrogens (primary N) is 2. The zero-order chi connectivity index (χ0) is 18.4. The number of nitrogens with zero attached hydrogens (tertiary/aromatic N) is 4. The Bertz CT molecular complexity index is 886. The van der Waals surface area contributed by atoms with Crippen molar-refractivity contribution < 1.29 is 32.3 Å². The zero-order valence-electron chi connectivity index (χ0n) is 12.9. The van der Waals surface area contributed by atoms with Gasteiger partial charge in [0.1, 0.15) is 35.8 Å². The molecule has 0 spiro atoms. The van der Waals surface area contributed by atoms with E-state index in [4.69, 9.17) is 20.3 Å². The van der Waals surface area contributed by atoms with Crippen LogP contribution in [0.3, 0.4) is 0 Å². The van der Waals surface area contributed by atoms with Crippen molar-refractivity contribution in [1.82, 2.24) is 19.7 Å². The van der Waals surface area contributed by atoms with Crippen LogP contribution >= 0.6 is 0 Å². The molecule has 0 aromatic carbocycles. The SMILES string of the molecule is COc1nn(C2OC(COS(N)(=O)=O)C(O)C2O)c2ncnc(N)c12. The van der Waals surface area contributed by atoms with Crippen LogP contribution in [0, 0.1) is 0 Å². The van der Waals surface area contributed by atoms with Crippen LogP contribution in [0.1, 0.15) is 6.23 Å². The highest BCUT2D eigenvalue weighted by Crippen LogP contribution is 2.35. The lowest BCUT2D eigenvalue weighted by Gasteiger charge is -2.15. The number of methoxy groups -OCH3 is 1. The quantitative estimate of drug-likeness (QED) is 0.422. The topological polar surface area (TPSA) is 198 Å². The summed E-state index contributed by atoms with van der Waals surface area (Å²) in [5.41, 5.74) is 5.99. The molecule has 4 atom stereocenters. The Morgan fingerprint density at radius 1 is 1.36 bits per heavy atom. The summed E-state index contributed by atoms with van der Waals surface area (Å²) >= 11 is 0. The van der Waals surface area contributed by atoms with E-state index in [-0.39, 0.29) is 17.3 Å². The van der Waals surface area contributed by atoms with Crippen molar-refractivity contribution in [1.29, 1.82) is 0 Å². The summed E-state index contributed by atoms with van der Waals surface area (Å²) in [6, 6.07) is 0. The minimum atomic E-state index is -4.23. The van der Waals surface area contributed by atoms with Crippen LogP contribution in [0.4, 0.5) is 5.82 Å². The fourth-order valence-electron chi connectivity index (χ4n) is 2.51. The first-order valence-corrected chi connectivity index (χ1v) is 8.41. The molecule has 1 saturated heterocycles. The van der Waals surface area contributed by atoms with Crippen LogP contribution in [-0.4, -0.2) is 70.4 Å². The summed E-state index contributed by atoms with van der Waals surface area (Å²) in [6.07, 6.45) is -4.06. The van der Waals surface area contributed by atoms with E-state index in [9.17, 15) is 18.6 Å². The molecule has 0 bridgehead atoms. The number of nitrogen functional groups attached to an aromatic ring is 1. The fraction of sp³-hybridized carbons (Fsp3) is 0.545. The van der Waals surface area contributed by atoms with Gasteiger partial charge in [0.25, 0.3) is 0 Å². The number of aliphatic hydroxyl groups excluding tert-OH is 2. The van der Waals surface area contributed by atoms with Crippen molar-refractivity contribution in [3.05, 3.63) is 6.33 Å². The highest BCUT2D eigenvalue weighted by atomic mass is 32.2. The first-order valence-electron chi connectivity index (χ1n) is 6.94. The summed E-state index contributed by atoms with van der Waals surface area (Å²) in [7, 11) is -2.86. The molecule has 138 valence electrons. The fourth-order valence-corrected chi connectivity index (χ4v) is 2.84. The average molecular weight is 376 g/mol.